The highest BCUT2D eigenvalue weighted by Gasteiger charge is 2.19. The van der Waals surface area contributed by atoms with E-state index in [1.54, 1.807) is 36.4 Å². The molecule has 3 rings (SSSR count). The summed E-state index contributed by atoms with van der Waals surface area (Å²) in [5, 5.41) is 3.83. The first-order valence-electron chi connectivity index (χ1n) is 9.06. The van der Waals surface area contributed by atoms with Crippen LogP contribution in [0.15, 0.2) is 54.7 Å². The van der Waals surface area contributed by atoms with Crippen molar-refractivity contribution in [3.63, 3.8) is 0 Å². The third kappa shape index (κ3) is 5.67. The van der Waals surface area contributed by atoms with Crippen molar-refractivity contribution in [2.75, 3.05) is 7.11 Å². The van der Waals surface area contributed by atoms with Gasteiger partial charge in [-0.15, -0.1) is 0 Å². The first-order valence-corrected chi connectivity index (χ1v) is 10.2. The molecule has 0 radical (unpaired) electrons. The first-order chi connectivity index (χ1) is 14.8. The molecule has 6 nitrogen and oxygen atoms in total. The van der Waals surface area contributed by atoms with Gasteiger partial charge >= 0.3 is 5.97 Å². The number of hydrogen-bond donors (Lipinski definition) is 1. The largest absolute Gasteiger partial charge is 0.465 e. The van der Waals surface area contributed by atoms with Gasteiger partial charge in [-0.05, 0) is 42.8 Å². The standard InChI is InChI=1S/C22H17Cl3N2O4/c1-12(13-3-5-14(6-4-13)22(29)30-2)27-20(28)17-9-15(23)11-26-21(17)31-16-7-8-18(24)19(25)10-16/h3-12H,1-2H3,(H,27,28)/t12-/m0/s1. The Labute approximate surface area is 194 Å². The summed E-state index contributed by atoms with van der Waals surface area (Å²) in [6.07, 6.45) is 1.38. The summed E-state index contributed by atoms with van der Waals surface area (Å²) < 4.78 is 10.4. The number of nitrogens with one attached hydrogen (secondary N) is 1. The monoisotopic (exact) mass is 478 g/mol. The molecule has 1 atom stereocenters. The highest BCUT2D eigenvalue weighted by molar-refractivity contribution is 6.42. The van der Waals surface area contributed by atoms with Crippen LogP contribution in [0.3, 0.4) is 0 Å². The number of carbonyl (C=O) groups excluding carboxylic acids is 2. The fourth-order valence-electron chi connectivity index (χ4n) is 2.71. The number of aromatic nitrogens is 1. The molecule has 1 aromatic heterocycles. The van der Waals surface area contributed by atoms with Crippen LogP contribution in [0.2, 0.25) is 15.1 Å². The lowest BCUT2D eigenvalue weighted by Crippen LogP contribution is -2.27. The molecule has 1 heterocycles. The molecule has 0 bridgehead atoms. The number of rotatable bonds is 6. The van der Waals surface area contributed by atoms with Crippen LogP contribution in [0.4, 0.5) is 0 Å². The van der Waals surface area contributed by atoms with Crippen LogP contribution in [-0.4, -0.2) is 24.0 Å². The highest BCUT2D eigenvalue weighted by atomic mass is 35.5. The molecular formula is C22H17Cl3N2O4. The van der Waals surface area contributed by atoms with Crippen molar-refractivity contribution in [1.82, 2.24) is 10.3 Å². The Morgan fingerprint density at radius 1 is 1.00 bits per heavy atom. The minimum absolute atomic E-state index is 0.0635. The van der Waals surface area contributed by atoms with Crippen molar-refractivity contribution in [3.8, 4) is 11.6 Å². The average molecular weight is 480 g/mol. The summed E-state index contributed by atoms with van der Waals surface area (Å²) in [6, 6.07) is 12.5. The summed E-state index contributed by atoms with van der Waals surface area (Å²) in [5.41, 5.74) is 1.36. The third-order valence-corrected chi connectivity index (χ3v) is 5.29. The highest BCUT2D eigenvalue weighted by Crippen LogP contribution is 2.31. The van der Waals surface area contributed by atoms with E-state index in [0.717, 1.165) is 5.56 Å². The van der Waals surface area contributed by atoms with Crippen LogP contribution in [0.5, 0.6) is 11.6 Å². The van der Waals surface area contributed by atoms with Gasteiger partial charge in [-0.2, -0.15) is 0 Å². The molecule has 0 aliphatic rings. The Hall–Kier alpha value is -2.80. The number of pyridine rings is 1. The minimum Gasteiger partial charge on any atom is -0.465 e. The Balaban J connectivity index is 1.79. The number of ether oxygens (including phenoxy) is 2. The molecule has 0 fully saturated rings. The Morgan fingerprint density at radius 3 is 2.35 bits per heavy atom. The van der Waals surface area contributed by atoms with Crippen LogP contribution < -0.4 is 10.1 Å². The molecule has 2 aromatic carbocycles. The zero-order valence-corrected chi connectivity index (χ0v) is 18.8. The van der Waals surface area contributed by atoms with Gasteiger partial charge in [0.05, 0.1) is 33.8 Å². The second kappa shape index (κ2) is 10.0. The SMILES string of the molecule is COC(=O)c1ccc([C@H](C)NC(=O)c2cc(Cl)cnc2Oc2ccc(Cl)c(Cl)c2)cc1. The molecule has 1 amide bonds. The van der Waals surface area contributed by atoms with Crippen LogP contribution in [-0.2, 0) is 4.74 Å². The summed E-state index contributed by atoms with van der Waals surface area (Å²) in [5.74, 6) is -0.440. The number of halogens is 3. The quantitative estimate of drug-likeness (QED) is 0.431. The zero-order valence-electron chi connectivity index (χ0n) is 16.5. The van der Waals surface area contributed by atoms with Crippen LogP contribution >= 0.6 is 34.8 Å². The van der Waals surface area contributed by atoms with E-state index < -0.39 is 11.9 Å². The van der Waals surface area contributed by atoms with Crippen LogP contribution in [0, 0.1) is 0 Å². The number of amides is 1. The molecule has 0 unspecified atom stereocenters. The number of benzene rings is 2. The molecule has 9 heteroatoms. The molecule has 0 saturated heterocycles. The predicted octanol–water partition coefficient (Wildman–Crippen LogP) is 6.11. The zero-order chi connectivity index (χ0) is 22.5. The second-order valence-corrected chi connectivity index (χ2v) is 7.74. The van der Waals surface area contributed by atoms with Gasteiger partial charge in [-0.1, -0.05) is 46.9 Å². The van der Waals surface area contributed by atoms with Gasteiger partial charge < -0.3 is 14.8 Å². The van der Waals surface area contributed by atoms with Crippen LogP contribution in [0.25, 0.3) is 0 Å². The predicted molar refractivity (Wildman–Crippen MR) is 119 cm³/mol. The number of esters is 1. The van der Waals surface area contributed by atoms with Crippen molar-refractivity contribution in [2.45, 2.75) is 13.0 Å². The molecule has 1 N–H and O–H groups in total. The lowest BCUT2D eigenvalue weighted by atomic mass is 10.1. The number of nitrogens with zero attached hydrogens (tertiary/aromatic N) is 1. The van der Waals surface area contributed by atoms with E-state index >= 15 is 0 Å². The van der Waals surface area contributed by atoms with Gasteiger partial charge in [-0.3, -0.25) is 4.79 Å². The van der Waals surface area contributed by atoms with Gasteiger partial charge in [0.2, 0.25) is 5.88 Å². The Bertz CT molecular complexity index is 1120. The molecule has 0 aliphatic heterocycles. The lowest BCUT2D eigenvalue weighted by Gasteiger charge is -2.16. The molecule has 160 valence electrons. The van der Waals surface area contributed by atoms with Gasteiger partial charge in [0.15, 0.2) is 0 Å². The van der Waals surface area contributed by atoms with E-state index in [4.69, 9.17) is 39.5 Å². The van der Waals surface area contributed by atoms with Gasteiger partial charge in [0.1, 0.15) is 11.3 Å². The normalized spacial score (nSPS) is 11.5. The third-order valence-electron chi connectivity index (χ3n) is 4.35. The summed E-state index contributed by atoms with van der Waals surface area (Å²) in [4.78, 5) is 28.6. The summed E-state index contributed by atoms with van der Waals surface area (Å²) in [6.45, 7) is 1.81. The van der Waals surface area contributed by atoms with E-state index in [9.17, 15) is 9.59 Å². The summed E-state index contributed by atoms with van der Waals surface area (Å²) in [7, 11) is 1.32. The number of methoxy groups -OCH3 is 1. The molecule has 0 aliphatic carbocycles. The average Bonchev–Trinajstić information content (AvgIpc) is 2.77. The van der Waals surface area contributed by atoms with E-state index in [-0.39, 0.29) is 22.5 Å². The maximum Gasteiger partial charge on any atom is 0.337 e. The molecular weight excluding hydrogens is 463 g/mol. The molecule has 0 saturated carbocycles. The van der Waals surface area contributed by atoms with Crippen LogP contribution in [0.1, 0.15) is 39.2 Å². The smallest absolute Gasteiger partial charge is 0.337 e. The maximum atomic E-state index is 12.9. The first kappa shape index (κ1) is 22.9. The van der Waals surface area contributed by atoms with Gasteiger partial charge in [-0.25, -0.2) is 9.78 Å². The lowest BCUT2D eigenvalue weighted by molar-refractivity contribution is 0.0600. The van der Waals surface area contributed by atoms with Gasteiger partial charge in [0.25, 0.3) is 5.91 Å². The Morgan fingerprint density at radius 2 is 1.71 bits per heavy atom. The number of hydrogen-bond acceptors (Lipinski definition) is 5. The fourth-order valence-corrected chi connectivity index (χ4v) is 3.15. The fraction of sp³-hybridized carbons (Fsp3) is 0.136. The maximum absolute atomic E-state index is 12.9. The van der Waals surface area contributed by atoms with E-state index in [1.807, 2.05) is 6.92 Å². The van der Waals surface area contributed by atoms with Crippen molar-refractivity contribution in [1.29, 1.82) is 0 Å². The van der Waals surface area contributed by atoms with Crippen molar-refractivity contribution < 1.29 is 19.1 Å². The van der Waals surface area contributed by atoms with E-state index in [1.165, 1.54) is 25.4 Å². The molecule has 0 spiro atoms. The second-order valence-electron chi connectivity index (χ2n) is 6.49. The summed E-state index contributed by atoms with van der Waals surface area (Å²) >= 11 is 18.0. The minimum atomic E-state index is -0.436. The van der Waals surface area contributed by atoms with E-state index in [0.29, 0.717) is 21.4 Å². The topological polar surface area (TPSA) is 77.5 Å². The van der Waals surface area contributed by atoms with E-state index in [2.05, 4.69) is 15.0 Å². The Kier molecular flexibility index (Phi) is 7.38. The van der Waals surface area contributed by atoms with Crippen molar-refractivity contribution in [3.05, 3.63) is 86.5 Å². The van der Waals surface area contributed by atoms with Crippen molar-refractivity contribution in [2.24, 2.45) is 0 Å². The number of carbonyl (C=O) groups is 2. The molecule has 31 heavy (non-hydrogen) atoms. The van der Waals surface area contributed by atoms with Gasteiger partial charge in [0, 0.05) is 12.3 Å². The van der Waals surface area contributed by atoms with Crippen molar-refractivity contribution >= 4 is 46.7 Å². The molecule has 3 aromatic rings.